The molecule has 10 heteroatoms. The molecule has 0 fully saturated rings. The van der Waals surface area contributed by atoms with E-state index in [-0.39, 0.29) is 42.3 Å². The van der Waals surface area contributed by atoms with Gasteiger partial charge in [-0.25, -0.2) is 0 Å². The van der Waals surface area contributed by atoms with E-state index in [4.69, 9.17) is 21.1 Å². The van der Waals surface area contributed by atoms with Crippen molar-refractivity contribution in [1.82, 2.24) is 10.2 Å². The van der Waals surface area contributed by atoms with Gasteiger partial charge in [-0.15, -0.1) is 0 Å². The van der Waals surface area contributed by atoms with Crippen molar-refractivity contribution in [2.24, 2.45) is 0 Å². The predicted octanol–water partition coefficient (Wildman–Crippen LogP) is 3.58. The van der Waals surface area contributed by atoms with Crippen LogP contribution in [-0.2, 0) is 16.1 Å². The number of ether oxygens (including phenoxy) is 2. The van der Waals surface area contributed by atoms with Gasteiger partial charge in [0.05, 0.1) is 12.0 Å². The third kappa shape index (κ3) is 6.84. The molecule has 2 amide bonds. The van der Waals surface area contributed by atoms with Crippen LogP contribution in [0, 0.1) is 10.1 Å². The number of nitrogens with zero attached hydrogens (tertiary/aromatic N) is 2. The van der Waals surface area contributed by atoms with Gasteiger partial charge in [0.15, 0.2) is 6.61 Å². The molecule has 0 heterocycles. The lowest BCUT2D eigenvalue weighted by Gasteiger charge is -2.29. The third-order valence-corrected chi connectivity index (χ3v) is 4.79. The topological polar surface area (TPSA) is 111 Å². The van der Waals surface area contributed by atoms with Crippen molar-refractivity contribution in [3.63, 3.8) is 0 Å². The number of rotatable bonds is 10. The zero-order chi connectivity index (χ0) is 23.8. The van der Waals surface area contributed by atoms with Gasteiger partial charge in [-0.3, -0.25) is 19.7 Å². The molecule has 32 heavy (non-hydrogen) atoms. The highest BCUT2D eigenvalue weighted by Gasteiger charge is 2.27. The molecule has 2 rings (SSSR count). The second kappa shape index (κ2) is 11.3. The van der Waals surface area contributed by atoms with Crippen LogP contribution in [0.4, 0.5) is 5.69 Å². The molecule has 0 aliphatic heterocycles. The summed E-state index contributed by atoms with van der Waals surface area (Å²) in [5, 5.41) is 14.4. The number of hydrogen-bond donors (Lipinski definition) is 1. The number of methoxy groups -OCH3 is 1. The normalized spacial score (nSPS) is 11.6. The molecule has 0 saturated heterocycles. The summed E-state index contributed by atoms with van der Waals surface area (Å²) in [7, 11) is 1.30. The third-order valence-electron chi connectivity index (χ3n) is 4.55. The Morgan fingerprint density at radius 3 is 2.50 bits per heavy atom. The Bertz CT molecular complexity index is 982. The van der Waals surface area contributed by atoms with E-state index in [9.17, 15) is 19.7 Å². The van der Waals surface area contributed by atoms with Gasteiger partial charge >= 0.3 is 5.69 Å². The minimum atomic E-state index is -0.765. The highest BCUT2D eigenvalue weighted by Crippen LogP contribution is 2.30. The zero-order valence-corrected chi connectivity index (χ0v) is 19.1. The summed E-state index contributed by atoms with van der Waals surface area (Å²) >= 11 is 6.06. The van der Waals surface area contributed by atoms with Crippen molar-refractivity contribution in [2.75, 3.05) is 13.7 Å². The summed E-state index contributed by atoms with van der Waals surface area (Å²) < 4.78 is 10.6. The number of carbonyl (C=O) groups excluding carboxylic acids is 2. The fourth-order valence-corrected chi connectivity index (χ4v) is 3.16. The first-order valence-corrected chi connectivity index (χ1v) is 10.3. The number of nitrogens with one attached hydrogen (secondary N) is 1. The van der Waals surface area contributed by atoms with E-state index in [1.807, 2.05) is 13.8 Å². The molecule has 1 atom stereocenters. The molecule has 0 unspecified atom stereocenters. The van der Waals surface area contributed by atoms with E-state index in [0.29, 0.717) is 5.02 Å². The second-order valence-electron chi connectivity index (χ2n) is 7.37. The molecule has 2 aromatic rings. The fourth-order valence-electron chi connectivity index (χ4n) is 2.95. The van der Waals surface area contributed by atoms with Crippen LogP contribution in [0.2, 0.25) is 5.02 Å². The van der Waals surface area contributed by atoms with Gasteiger partial charge in [0, 0.05) is 29.7 Å². The summed E-state index contributed by atoms with van der Waals surface area (Å²) in [4.78, 5) is 37.4. The number of carbonyl (C=O) groups is 2. The van der Waals surface area contributed by atoms with E-state index in [2.05, 4.69) is 5.32 Å². The number of hydrogen-bond acceptors (Lipinski definition) is 6. The maximum atomic E-state index is 13.0. The Morgan fingerprint density at radius 1 is 1.19 bits per heavy atom. The average Bonchev–Trinajstić information content (AvgIpc) is 2.74. The molecule has 0 saturated carbocycles. The Hall–Kier alpha value is -3.33. The zero-order valence-electron chi connectivity index (χ0n) is 18.3. The molecule has 2 aromatic carbocycles. The SMILES string of the molecule is COc1cc(OCC(=O)N(Cc2cccc(Cl)c2)[C@H](C)C(=O)NC(C)C)ccc1[N+](=O)[O-]. The van der Waals surface area contributed by atoms with E-state index >= 15 is 0 Å². The molecule has 172 valence electrons. The standard InChI is InChI=1S/C22H26ClN3O6/c1-14(2)24-22(28)15(3)25(12-16-6-5-7-17(23)10-16)21(27)13-32-18-8-9-19(26(29)30)20(11-18)31-4/h5-11,14-15H,12-13H2,1-4H3,(H,24,28)/t15-/m1/s1. The number of amides is 2. The summed E-state index contributed by atoms with van der Waals surface area (Å²) in [5.74, 6) is -0.496. The van der Waals surface area contributed by atoms with Crippen LogP contribution in [0.5, 0.6) is 11.5 Å². The van der Waals surface area contributed by atoms with Crippen molar-refractivity contribution in [3.8, 4) is 11.5 Å². The number of halogens is 1. The molecule has 0 aliphatic rings. The van der Waals surface area contributed by atoms with E-state index < -0.39 is 16.9 Å². The molecular formula is C22H26ClN3O6. The van der Waals surface area contributed by atoms with Crippen molar-refractivity contribution in [3.05, 3.63) is 63.2 Å². The smallest absolute Gasteiger partial charge is 0.311 e. The van der Waals surface area contributed by atoms with Gasteiger partial charge in [0.1, 0.15) is 11.8 Å². The lowest BCUT2D eigenvalue weighted by atomic mass is 10.1. The lowest BCUT2D eigenvalue weighted by Crippen LogP contribution is -2.50. The Labute approximate surface area is 191 Å². The van der Waals surface area contributed by atoms with E-state index in [1.54, 1.807) is 31.2 Å². The van der Waals surface area contributed by atoms with Crippen LogP contribution in [0.1, 0.15) is 26.3 Å². The van der Waals surface area contributed by atoms with Gasteiger partial charge in [-0.05, 0) is 44.5 Å². The lowest BCUT2D eigenvalue weighted by molar-refractivity contribution is -0.385. The van der Waals surface area contributed by atoms with Gasteiger partial charge in [0.2, 0.25) is 11.7 Å². The van der Waals surface area contributed by atoms with Crippen LogP contribution in [0.3, 0.4) is 0 Å². The first-order valence-electron chi connectivity index (χ1n) is 9.92. The number of nitro groups is 1. The van der Waals surface area contributed by atoms with Crippen LogP contribution >= 0.6 is 11.6 Å². The summed E-state index contributed by atoms with van der Waals surface area (Å²) in [6.07, 6.45) is 0. The molecule has 0 aliphatic carbocycles. The predicted molar refractivity (Wildman–Crippen MR) is 120 cm³/mol. The first kappa shape index (κ1) is 24.9. The second-order valence-corrected chi connectivity index (χ2v) is 7.81. The van der Waals surface area contributed by atoms with Crippen LogP contribution < -0.4 is 14.8 Å². The van der Waals surface area contributed by atoms with Crippen molar-refractivity contribution in [2.45, 2.75) is 39.4 Å². The minimum Gasteiger partial charge on any atom is -0.490 e. The highest BCUT2D eigenvalue weighted by molar-refractivity contribution is 6.30. The minimum absolute atomic E-state index is 0.0143. The molecule has 1 N–H and O–H groups in total. The Morgan fingerprint density at radius 2 is 1.91 bits per heavy atom. The molecular weight excluding hydrogens is 438 g/mol. The van der Waals surface area contributed by atoms with E-state index in [0.717, 1.165) is 5.56 Å². The van der Waals surface area contributed by atoms with E-state index in [1.165, 1.54) is 30.2 Å². The molecule has 0 bridgehead atoms. The molecule has 0 aromatic heterocycles. The van der Waals surface area contributed by atoms with Crippen molar-refractivity contribution < 1.29 is 24.0 Å². The molecule has 0 radical (unpaired) electrons. The van der Waals surface area contributed by atoms with Crippen molar-refractivity contribution in [1.29, 1.82) is 0 Å². The van der Waals surface area contributed by atoms with Crippen LogP contribution in [-0.4, -0.2) is 47.4 Å². The quantitative estimate of drug-likeness (QED) is 0.426. The monoisotopic (exact) mass is 463 g/mol. The van der Waals surface area contributed by atoms with Crippen LogP contribution in [0.25, 0.3) is 0 Å². The maximum Gasteiger partial charge on any atom is 0.311 e. The Kier molecular flexibility index (Phi) is 8.83. The molecule has 0 spiro atoms. The summed E-state index contributed by atoms with van der Waals surface area (Å²) in [6, 6.07) is 10.1. The summed E-state index contributed by atoms with van der Waals surface area (Å²) in [5.41, 5.74) is 0.541. The molecule has 9 nitrogen and oxygen atoms in total. The van der Waals surface area contributed by atoms with Gasteiger partial charge in [0.25, 0.3) is 5.91 Å². The first-order chi connectivity index (χ1) is 15.1. The maximum absolute atomic E-state index is 13.0. The highest BCUT2D eigenvalue weighted by atomic mass is 35.5. The van der Waals surface area contributed by atoms with Gasteiger partial charge in [-0.1, -0.05) is 23.7 Å². The largest absolute Gasteiger partial charge is 0.490 e. The fraction of sp³-hybridized carbons (Fsp3) is 0.364. The van der Waals surface area contributed by atoms with Gasteiger partial charge < -0.3 is 19.7 Å². The average molecular weight is 464 g/mol. The van der Waals surface area contributed by atoms with Gasteiger partial charge in [-0.2, -0.15) is 0 Å². The summed E-state index contributed by atoms with van der Waals surface area (Å²) in [6.45, 7) is 5.08. The number of benzene rings is 2. The van der Waals surface area contributed by atoms with Crippen LogP contribution in [0.15, 0.2) is 42.5 Å². The number of nitro benzene ring substituents is 1. The van der Waals surface area contributed by atoms with Crippen molar-refractivity contribution >= 4 is 29.1 Å². The Balaban J connectivity index is 2.20.